The van der Waals surface area contributed by atoms with Gasteiger partial charge in [0.05, 0.1) is 6.20 Å². The highest BCUT2D eigenvalue weighted by Crippen LogP contribution is 1.68. The van der Waals surface area contributed by atoms with Crippen molar-refractivity contribution in [3.63, 3.8) is 0 Å². The van der Waals surface area contributed by atoms with E-state index in [0.717, 1.165) is 0 Å². The minimum atomic E-state index is 1.69. The Balaban J connectivity index is 2.40. The summed E-state index contributed by atoms with van der Waals surface area (Å²) in [6.45, 7) is 0. The number of hydrogen-bond donors (Lipinski definition) is 2. The van der Waals surface area contributed by atoms with Crippen LogP contribution in [-0.2, 0) is 0 Å². The third-order valence-corrected chi connectivity index (χ3v) is 0.502. The van der Waals surface area contributed by atoms with Crippen molar-refractivity contribution in [1.29, 1.82) is 0 Å². The van der Waals surface area contributed by atoms with Crippen LogP contribution in [0.25, 0.3) is 0 Å². The molecule has 0 spiro atoms. The molecule has 0 aliphatic carbocycles. The molecular weight excluding hydrogens is 76.1 g/mol. The summed E-state index contributed by atoms with van der Waals surface area (Å²) in [7, 11) is 0. The maximum Gasteiger partial charge on any atom is 0.0797 e. The lowest BCUT2D eigenvalue weighted by atomic mass is 10.7. The van der Waals surface area contributed by atoms with Crippen molar-refractivity contribution in [1.82, 2.24) is 10.6 Å². The van der Waals surface area contributed by atoms with Gasteiger partial charge in [-0.25, -0.2) is 0 Å². The Hall–Kier alpha value is -0.920. The second-order valence-electron chi connectivity index (χ2n) is 0.933. The quantitative estimate of drug-likeness (QED) is 0.426. The first-order valence-corrected chi connectivity index (χ1v) is 1.74. The van der Waals surface area contributed by atoms with Crippen LogP contribution in [-0.4, -0.2) is 0 Å². The number of nitrogens with one attached hydrogen (secondary N) is 2. The van der Waals surface area contributed by atoms with E-state index in [-0.39, 0.29) is 0 Å². The first-order valence-electron chi connectivity index (χ1n) is 1.74. The monoisotopic (exact) mass is 81.0 g/mol. The lowest BCUT2D eigenvalue weighted by molar-refractivity contribution is 1.01. The Morgan fingerprint density at radius 1 is 1.33 bits per heavy atom. The van der Waals surface area contributed by atoms with E-state index in [2.05, 4.69) is 16.8 Å². The highest BCUT2D eigenvalue weighted by atomic mass is 14.9. The third kappa shape index (κ3) is 0.516. The van der Waals surface area contributed by atoms with E-state index in [1.807, 2.05) is 0 Å². The van der Waals surface area contributed by atoms with E-state index in [4.69, 9.17) is 0 Å². The van der Waals surface area contributed by atoms with Crippen molar-refractivity contribution in [2.45, 2.75) is 0 Å². The first kappa shape index (κ1) is 3.28. The molecule has 2 N–H and O–H groups in total. The van der Waals surface area contributed by atoms with Gasteiger partial charge in [-0.05, 0) is 0 Å². The fourth-order valence-electron chi connectivity index (χ4n) is 0.269. The molecule has 1 heterocycles. The van der Waals surface area contributed by atoms with Crippen molar-refractivity contribution in [3.8, 4) is 0 Å². The molecule has 6 heavy (non-hydrogen) atoms. The first-order chi connectivity index (χ1) is 3.00. The largest absolute Gasteiger partial charge is 0.365 e. The summed E-state index contributed by atoms with van der Waals surface area (Å²) >= 11 is 0. The molecule has 0 unspecified atom stereocenters. The predicted molar refractivity (Wildman–Crippen MR) is 23.2 cm³/mol. The Morgan fingerprint density at radius 2 is 2.33 bits per heavy atom. The van der Waals surface area contributed by atoms with Crippen molar-refractivity contribution in [2.24, 2.45) is 0 Å². The Morgan fingerprint density at radius 3 is 2.50 bits per heavy atom. The van der Waals surface area contributed by atoms with Gasteiger partial charge in [-0.3, -0.25) is 0 Å². The van der Waals surface area contributed by atoms with Gasteiger partial charge in [0.25, 0.3) is 0 Å². The molecule has 1 radical (unpaired) electrons. The maximum absolute atomic E-state index is 2.81. The van der Waals surface area contributed by atoms with E-state index >= 15 is 0 Å². The van der Waals surface area contributed by atoms with Crippen LogP contribution >= 0.6 is 0 Å². The summed E-state index contributed by atoms with van der Waals surface area (Å²) < 4.78 is 0. The molecule has 1 rings (SSSR count). The molecule has 0 aromatic heterocycles. The molecule has 0 saturated carbocycles. The smallest absolute Gasteiger partial charge is 0.0797 e. The molecule has 1 aliphatic heterocycles. The van der Waals surface area contributed by atoms with Crippen molar-refractivity contribution < 1.29 is 0 Å². The van der Waals surface area contributed by atoms with Crippen molar-refractivity contribution in [2.75, 3.05) is 0 Å². The van der Waals surface area contributed by atoms with E-state index in [1.165, 1.54) is 0 Å². The summed E-state index contributed by atoms with van der Waals surface area (Å²) in [5.41, 5.74) is 0. The Labute approximate surface area is 36.5 Å². The van der Waals surface area contributed by atoms with E-state index in [9.17, 15) is 0 Å². The van der Waals surface area contributed by atoms with Crippen molar-refractivity contribution >= 4 is 0 Å². The molecule has 1 aliphatic rings. The molecule has 31 valence electrons. The van der Waals surface area contributed by atoms with E-state index < -0.39 is 0 Å². The minimum absolute atomic E-state index is 1.69. The van der Waals surface area contributed by atoms with Crippen molar-refractivity contribution in [3.05, 3.63) is 24.8 Å². The SMILES string of the molecule is [C]1=CNC=CN1. The predicted octanol–water partition coefficient (Wildman–Crippen LogP) is -0.0752. The van der Waals surface area contributed by atoms with E-state index in [1.54, 1.807) is 18.6 Å². The fourth-order valence-corrected chi connectivity index (χ4v) is 0.269. The van der Waals surface area contributed by atoms with Crippen LogP contribution in [0, 0.1) is 6.20 Å². The van der Waals surface area contributed by atoms with Crippen LogP contribution in [0.3, 0.4) is 0 Å². The Bertz CT molecular complexity index is 63.5. The molecule has 0 saturated heterocycles. The molecule has 0 fully saturated rings. The lowest BCUT2D eigenvalue weighted by Gasteiger charge is -1.94. The highest BCUT2D eigenvalue weighted by molar-refractivity contribution is 4.90. The van der Waals surface area contributed by atoms with Gasteiger partial charge in [-0.2, -0.15) is 0 Å². The number of rotatable bonds is 0. The van der Waals surface area contributed by atoms with Crippen LogP contribution in [0.1, 0.15) is 0 Å². The maximum atomic E-state index is 2.81. The molecule has 0 aromatic rings. The van der Waals surface area contributed by atoms with Gasteiger partial charge >= 0.3 is 0 Å². The molecule has 2 heteroatoms. The molecular formula is C4H5N2. The van der Waals surface area contributed by atoms with Crippen LogP contribution in [0.15, 0.2) is 18.6 Å². The van der Waals surface area contributed by atoms with Gasteiger partial charge in [0.2, 0.25) is 0 Å². The zero-order valence-corrected chi connectivity index (χ0v) is 3.23. The standard InChI is InChI=1S/C4H5N2/c1-2-6-4-3-5-1/h1-3,5-6H. The van der Waals surface area contributed by atoms with Gasteiger partial charge < -0.3 is 10.6 Å². The second kappa shape index (κ2) is 1.50. The summed E-state index contributed by atoms with van der Waals surface area (Å²) in [5.74, 6) is 0. The third-order valence-electron chi connectivity index (χ3n) is 0.502. The number of hydrogen-bond acceptors (Lipinski definition) is 2. The molecule has 0 amide bonds. The topological polar surface area (TPSA) is 24.1 Å². The average Bonchev–Trinajstić information content (AvgIpc) is 1.72. The van der Waals surface area contributed by atoms with Crippen LogP contribution in [0.2, 0.25) is 0 Å². The molecule has 2 nitrogen and oxygen atoms in total. The van der Waals surface area contributed by atoms with Gasteiger partial charge in [-0.1, -0.05) is 0 Å². The Kier molecular flexibility index (Phi) is 0.819. The summed E-state index contributed by atoms with van der Waals surface area (Å²) in [6.07, 6.45) is 7.96. The van der Waals surface area contributed by atoms with Gasteiger partial charge in [0, 0.05) is 18.6 Å². The minimum Gasteiger partial charge on any atom is -0.365 e. The van der Waals surface area contributed by atoms with Crippen LogP contribution in [0.4, 0.5) is 0 Å². The molecule has 0 aromatic carbocycles. The molecule has 0 atom stereocenters. The fraction of sp³-hybridized carbons (Fsp3) is 0. The normalized spacial score (nSPS) is 16.0. The van der Waals surface area contributed by atoms with Crippen LogP contribution in [0.5, 0.6) is 0 Å². The summed E-state index contributed by atoms with van der Waals surface area (Å²) in [5, 5.41) is 5.54. The molecule has 0 bridgehead atoms. The lowest BCUT2D eigenvalue weighted by Crippen LogP contribution is -2.06. The van der Waals surface area contributed by atoms with Gasteiger partial charge in [0.15, 0.2) is 0 Å². The summed E-state index contributed by atoms with van der Waals surface area (Å²) in [6, 6.07) is 0. The second-order valence-corrected chi connectivity index (χ2v) is 0.933. The average molecular weight is 81.1 g/mol. The van der Waals surface area contributed by atoms with E-state index in [0.29, 0.717) is 0 Å². The summed E-state index contributed by atoms with van der Waals surface area (Å²) in [4.78, 5) is 0. The zero-order chi connectivity index (χ0) is 4.24. The zero-order valence-electron chi connectivity index (χ0n) is 3.23. The van der Waals surface area contributed by atoms with Crippen LogP contribution < -0.4 is 10.6 Å². The van der Waals surface area contributed by atoms with Gasteiger partial charge in [-0.15, -0.1) is 0 Å². The highest BCUT2D eigenvalue weighted by Gasteiger charge is 1.71. The van der Waals surface area contributed by atoms with Gasteiger partial charge in [0.1, 0.15) is 0 Å².